The average molecular weight is 436 g/mol. The molecule has 2 N–H and O–H groups in total. The monoisotopic (exact) mass is 435 g/mol. The fourth-order valence-corrected chi connectivity index (χ4v) is 4.17. The number of ketones is 1. The summed E-state index contributed by atoms with van der Waals surface area (Å²) in [7, 11) is 0. The van der Waals surface area contributed by atoms with Crippen molar-refractivity contribution < 1.29 is 19.8 Å². The highest BCUT2D eigenvalue weighted by molar-refractivity contribution is 6.46. The number of benzene rings is 2. The molecule has 1 amide bonds. The van der Waals surface area contributed by atoms with Crippen molar-refractivity contribution >= 4 is 17.4 Å². The van der Waals surface area contributed by atoms with Crippen molar-refractivity contribution in [2.45, 2.75) is 65.3 Å². The molecule has 0 spiro atoms. The van der Waals surface area contributed by atoms with Crippen LogP contribution in [0.5, 0.6) is 5.75 Å². The molecule has 0 saturated carbocycles. The van der Waals surface area contributed by atoms with Crippen LogP contribution in [0.2, 0.25) is 0 Å². The number of carbonyl (C=O) groups excluding carboxylic acids is 2. The van der Waals surface area contributed by atoms with Gasteiger partial charge in [-0.1, -0.05) is 64.8 Å². The van der Waals surface area contributed by atoms with Gasteiger partial charge in [0.25, 0.3) is 11.7 Å². The largest absolute Gasteiger partial charge is 0.508 e. The summed E-state index contributed by atoms with van der Waals surface area (Å²) < 4.78 is 0. The fraction of sp³-hybridized carbons (Fsp3) is 0.407. The summed E-state index contributed by atoms with van der Waals surface area (Å²) in [4.78, 5) is 27.7. The summed E-state index contributed by atoms with van der Waals surface area (Å²) in [5.41, 5.74) is 2.94. The van der Waals surface area contributed by atoms with Crippen molar-refractivity contribution in [3.8, 4) is 5.75 Å². The number of aromatic hydroxyl groups is 1. The van der Waals surface area contributed by atoms with E-state index >= 15 is 0 Å². The second-order valence-electron chi connectivity index (χ2n) is 9.57. The number of phenolic OH excluding ortho intramolecular Hbond substituents is 1. The number of aliphatic hydroxyl groups is 1. The minimum atomic E-state index is -0.739. The third-order valence-electron chi connectivity index (χ3n) is 6.09. The van der Waals surface area contributed by atoms with E-state index in [0.717, 1.165) is 30.4 Å². The van der Waals surface area contributed by atoms with Crippen LogP contribution in [0.3, 0.4) is 0 Å². The van der Waals surface area contributed by atoms with Gasteiger partial charge in [0.15, 0.2) is 0 Å². The Morgan fingerprint density at radius 2 is 1.78 bits per heavy atom. The van der Waals surface area contributed by atoms with Gasteiger partial charge >= 0.3 is 0 Å². The normalized spacial score (nSPS) is 18.4. The van der Waals surface area contributed by atoms with Crippen molar-refractivity contribution in [1.29, 1.82) is 0 Å². The van der Waals surface area contributed by atoms with Gasteiger partial charge in [-0.25, -0.2) is 0 Å². The lowest BCUT2D eigenvalue weighted by molar-refractivity contribution is -0.139. The van der Waals surface area contributed by atoms with Gasteiger partial charge in [-0.05, 0) is 53.6 Å². The van der Waals surface area contributed by atoms with Gasteiger partial charge in [-0.2, -0.15) is 0 Å². The van der Waals surface area contributed by atoms with Crippen molar-refractivity contribution in [3.05, 3.63) is 70.3 Å². The SMILES string of the molecule is CCCCCN1C(=O)C(=O)/C(=C(/O)c2cc(C(C)(C)C)ccc2C)C1c1cccc(O)c1. The Bertz CT molecular complexity index is 1060. The van der Waals surface area contributed by atoms with Crippen molar-refractivity contribution in [2.24, 2.45) is 0 Å². The van der Waals surface area contributed by atoms with E-state index in [-0.39, 0.29) is 22.5 Å². The van der Waals surface area contributed by atoms with E-state index in [4.69, 9.17) is 0 Å². The number of aryl methyl sites for hydroxylation is 1. The van der Waals surface area contributed by atoms with Crippen LogP contribution in [-0.4, -0.2) is 33.3 Å². The first kappa shape index (κ1) is 23.6. The van der Waals surface area contributed by atoms with Gasteiger partial charge in [-0.3, -0.25) is 9.59 Å². The van der Waals surface area contributed by atoms with Gasteiger partial charge in [0, 0.05) is 12.1 Å². The van der Waals surface area contributed by atoms with Crippen LogP contribution < -0.4 is 0 Å². The number of hydrogen-bond acceptors (Lipinski definition) is 4. The van der Waals surface area contributed by atoms with E-state index < -0.39 is 17.7 Å². The topological polar surface area (TPSA) is 77.8 Å². The summed E-state index contributed by atoms with van der Waals surface area (Å²) in [6, 6.07) is 11.7. The van der Waals surface area contributed by atoms with Crippen LogP contribution in [0.25, 0.3) is 5.76 Å². The summed E-state index contributed by atoms with van der Waals surface area (Å²) in [5, 5.41) is 21.4. The van der Waals surface area contributed by atoms with Gasteiger partial charge in [0.2, 0.25) is 0 Å². The standard InChI is InChI=1S/C27H33NO4/c1-6-7-8-14-28-23(18-10-9-11-20(29)15-18)22(25(31)26(28)32)24(30)21-16-19(27(3,4)5)13-12-17(21)2/h9-13,15-16,23,29-30H,6-8,14H2,1-5H3/b24-22+. The van der Waals surface area contributed by atoms with E-state index in [2.05, 4.69) is 27.7 Å². The second-order valence-corrected chi connectivity index (χ2v) is 9.57. The first-order chi connectivity index (χ1) is 15.1. The van der Waals surface area contributed by atoms with E-state index in [9.17, 15) is 19.8 Å². The lowest BCUT2D eigenvalue weighted by Gasteiger charge is -2.26. The smallest absolute Gasteiger partial charge is 0.295 e. The van der Waals surface area contributed by atoms with E-state index in [1.54, 1.807) is 24.3 Å². The predicted molar refractivity (Wildman–Crippen MR) is 127 cm³/mol. The Balaban J connectivity index is 2.20. The maximum absolute atomic E-state index is 13.2. The van der Waals surface area contributed by atoms with Gasteiger partial charge in [-0.15, -0.1) is 0 Å². The molecule has 1 atom stereocenters. The fourth-order valence-electron chi connectivity index (χ4n) is 4.17. The second kappa shape index (κ2) is 9.19. The molecule has 5 heteroatoms. The number of nitrogens with zero attached hydrogens (tertiary/aromatic N) is 1. The molecule has 1 heterocycles. The lowest BCUT2D eigenvalue weighted by Crippen LogP contribution is -2.30. The molecule has 0 radical (unpaired) electrons. The molecule has 2 aromatic carbocycles. The van der Waals surface area contributed by atoms with Crippen LogP contribution in [0.15, 0.2) is 48.0 Å². The Morgan fingerprint density at radius 1 is 1.06 bits per heavy atom. The molecule has 1 fully saturated rings. The number of amides is 1. The molecule has 1 aliphatic heterocycles. The van der Waals surface area contributed by atoms with Crippen molar-refractivity contribution in [2.75, 3.05) is 6.54 Å². The predicted octanol–water partition coefficient (Wildman–Crippen LogP) is 5.61. The zero-order chi connectivity index (χ0) is 23.6. The summed E-state index contributed by atoms with van der Waals surface area (Å²) in [6.07, 6.45) is 2.68. The average Bonchev–Trinajstić information content (AvgIpc) is 2.98. The van der Waals surface area contributed by atoms with Crippen LogP contribution in [0.1, 0.15) is 75.3 Å². The highest BCUT2D eigenvalue weighted by Crippen LogP contribution is 2.41. The van der Waals surface area contributed by atoms with E-state index in [1.165, 1.54) is 4.90 Å². The number of aliphatic hydroxyl groups excluding tert-OH is 1. The van der Waals surface area contributed by atoms with Gasteiger partial charge in [0.1, 0.15) is 11.5 Å². The maximum Gasteiger partial charge on any atom is 0.295 e. The van der Waals surface area contributed by atoms with Crippen molar-refractivity contribution in [1.82, 2.24) is 4.90 Å². The number of unbranched alkanes of at least 4 members (excludes halogenated alkanes) is 2. The molecule has 170 valence electrons. The first-order valence-electron chi connectivity index (χ1n) is 11.2. The third-order valence-corrected chi connectivity index (χ3v) is 6.09. The van der Waals surface area contributed by atoms with E-state index in [0.29, 0.717) is 17.7 Å². The minimum absolute atomic E-state index is 0.0487. The number of rotatable bonds is 6. The number of hydrogen-bond donors (Lipinski definition) is 2. The van der Waals surface area contributed by atoms with Crippen LogP contribution in [0.4, 0.5) is 0 Å². The molecule has 0 aromatic heterocycles. The van der Waals surface area contributed by atoms with Gasteiger partial charge in [0.05, 0.1) is 11.6 Å². The Morgan fingerprint density at radius 3 is 2.41 bits per heavy atom. The molecule has 1 aliphatic rings. The molecule has 1 unspecified atom stereocenters. The summed E-state index contributed by atoms with van der Waals surface area (Å²) in [6.45, 7) is 10.6. The maximum atomic E-state index is 13.2. The zero-order valence-corrected chi connectivity index (χ0v) is 19.6. The third kappa shape index (κ3) is 4.57. The Hall–Kier alpha value is -3.08. The number of likely N-dealkylation sites (tertiary alicyclic amines) is 1. The Labute approximate surface area is 190 Å². The molecule has 3 rings (SSSR count). The first-order valence-corrected chi connectivity index (χ1v) is 11.2. The van der Waals surface area contributed by atoms with Crippen LogP contribution in [-0.2, 0) is 15.0 Å². The molecular weight excluding hydrogens is 402 g/mol. The molecule has 5 nitrogen and oxygen atoms in total. The molecular formula is C27H33NO4. The molecule has 2 aromatic rings. The molecule has 1 saturated heterocycles. The highest BCUT2D eigenvalue weighted by Gasteiger charge is 2.46. The molecule has 32 heavy (non-hydrogen) atoms. The summed E-state index contributed by atoms with van der Waals surface area (Å²) in [5.74, 6) is -1.42. The molecule has 0 aliphatic carbocycles. The number of carbonyl (C=O) groups is 2. The Kier molecular flexibility index (Phi) is 6.77. The lowest BCUT2D eigenvalue weighted by atomic mass is 9.84. The van der Waals surface area contributed by atoms with Crippen LogP contribution >= 0.6 is 0 Å². The van der Waals surface area contributed by atoms with Crippen molar-refractivity contribution in [3.63, 3.8) is 0 Å². The number of Topliss-reactive ketones (excluding diaryl/α,β-unsaturated/α-hetero) is 1. The van der Waals surface area contributed by atoms with Crippen LogP contribution in [0, 0.1) is 6.92 Å². The highest BCUT2D eigenvalue weighted by atomic mass is 16.3. The number of phenols is 1. The minimum Gasteiger partial charge on any atom is -0.508 e. The zero-order valence-electron chi connectivity index (χ0n) is 19.6. The van der Waals surface area contributed by atoms with E-state index in [1.807, 2.05) is 25.1 Å². The van der Waals surface area contributed by atoms with Gasteiger partial charge < -0.3 is 15.1 Å². The molecule has 0 bridgehead atoms. The summed E-state index contributed by atoms with van der Waals surface area (Å²) >= 11 is 0. The quantitative estimate of drug-likeness (QED) is 0.268.